The van der Waals surface area contributed by atoms with Gasteiger partial charge in [0.15, 0.2) is 0 Å². The number of aliphatic carboxylic acids is 1. The number of carboxylic acid groups (broad SMARTS) is 1. The summed E-state index contributed by atoms with van der Waals surface area (Å²) in [7, 11) is 0. The van der Waals surface area contributed by atoms with Gasteiger partial charge in [-0.15, -0.1) is 0 Å². The zero-order valence-corrected chi connectivity index (χ0v) is 20.5. The Hall–Kier alpha value is -2.94. The molecule has 5 N–H and O–H groups in total. The van der Waals surface area contributed by atoms with E-state index in [1.54, 1.807) is 0 Å². The van der Waals surface area contributed by atoms with Crippen LogP contribution in [-0.4, -0.2) is 58.6 Å². The zero-order chi connectivity index (χ0) is 25.7. The Morgan fingerprint density at radius 3 is 2.03 bits per heavy atom. The van der Waals surface area contributed by atoms with Gasteiger partial charge in [-0.1, -0.05) is 58.0 Å². The van der Waals surface area contributed by atoms with Gasteiger partial charge in [0, 0.05) is 19.4 Å². The predicted molar refractivity (Wildman–Crippen MR) is 129 cm³/mol. The smallest absolute Gasteiger partial charge is 0.326 e. The number of carbonyl (C=O) groups is 4. The fourth-order valence-electron chi connectivity index (χ4n) is 3.31. The van der Waals surface area contributed by atoms with Crippen LogP contribution in [0.2, 0.25) is 0 Å². The Morgan fingerprint density at radius 2 is 1.47 bits per heavy atom. The van der Waals surface area contributed by atoms with Gasteiger partial charge in [-0.05, 0) is 30.2 Å². The molecule has 0 aliphatic rings. The van der Waals surface area contributed by atoms with Crippen LogP contribution in [0.15, 0.2) is 30.3 Å². The van der Waals surface area contributed by atoms with Crippen molar-refractivity contribution in [1.29, 1.82) is 0 Å². The highest BCUT2D eigenvalue weighted by molar-refractivity contribution is 5.88. The van der Waals surface area contributed by atoms with Crippen LogP contribution in [0.4, 0.5) is 0 Å². The zero-order valence-electron chi connectivity index (χ0n) is 20.5. The van der Waals surface area contributed by atoms with Crippen LogP contribution in [0.3, 0.4) is 0 Å². The molecule has 3 amide bonds. The number of benzene rings is 1. The van der Waals surface area contributed by atoms with Crippen molar-refractivity contribution in [1.82, 2.24) is 16.0 Å². The fourth-order valence-corrected chi connectivity index (χ4v) is 3.31. The molecule has 0 spiro atoms. The number of rotatable bonds is 15. The molecule has 0 aromatic heterocycles. The van der Waals surface area contributed by atoms with Crippen LogP contribution >= 0.6 is 0 Å². The molecule has 190 valence electrons. The molecular weight excluding hydrogens is 438 g/mol. The molecule has 9 nitrogen and oxygen atoms in total. The Labute approximate surface area is 201 Å². The maximum Gasteiger partial charge on any atom is 0.326 e. The Balaban J connectivity index is 2.80. The third-order valence-corrected chi connectivity index (χ3v) is 5.10. The predicted octanol–water partition coefficient (Wildman–Crippen LogP) is 1.63. The van der Waals surface area contributed by atoms with Gasteiger partial charge in [0.1, 0.15) is 6.04 Å². The van der Waals surface area contributed by atoms with Crippen LogP contribution < -0.4 is 16.0 Å². The average Bonchev–Trinajstić information content (AvgIpc) is 2.75. The highest BCUT2D eigenvalue weighted by Crippen LogP contribution is 2.11. The average molecular weight is 478 g/mol. The van der Waals surface area contributed by atoms with Crippen LogP contribution in [0.5, 0.6) is 0 Å². The van der Waals surface area contributed by atoms with E-state index in [1.165, 1.54) is 0 Å². The van der Waals surface area contributed by atoms with Crippen LogP contribution in [-0.2, 0) is 25.6 Å². The van der Waals surface area contributed by atoms with Crippen molar-refractivity contribution in [3.63, 3.8) is 0 Å². The summed E-state index contributed by atoms with van der Waals surface area (Å²) < 4.78 is 0. The quantitative estimate of drug-likeness (QED) is 0.260. The highest BCUT2D eigenvalue weighted by Gasteiger charge is 2.27. The van der Waals surface area contributed by atoms with Gasteiger partial charge in [-0.3, -0.25) is 14.4 Å². The standard InChI is InChI=1S/C25H39N3O6/c1-16(2)12-23(31)28-20(25(33)34)14-24(32)27-19(13-18-8-6-5-7-9-18)21(29)10-11-22(30)26-15-17(3)4/h5-9,16-17,19-21,29H,10-15H2,1-4H3,(H,26,30)(H,27,32)(H,28,31)(H,33,34)/t19-,20-,21-/m0/s1. The van der Waals surface area contributed by atoms with Gasteiger partial charge in [-0.25, -0.2) is 4.79 Å². The van der Waals surface area contributed by atoms with Crippen LogP contribution in [0, 0.1) is 11.8 Å². The minimum absolute atomic E-state index is 0.0476. The largest absolute Gasteiger partial charge is 0.480 e. The van der Waals surface area contributed by atoms with Gasteiger partial charge >= 0.3 is 5.97 Å². The number of aliphatic hydroxyl groups is 1. The lowest BCUT2D eigenvalue weighted by molar-refractivity contribution is -0.143. The molecule has 0 bridgehead atoms. The molecule has 0 radical (unpaired) electrons. The SMILES string of the molecule is CC(C)CNC(=O)CC[C@H](O)[C@H](Cc1ccccc1)NC(=O)C[C@H](NC(=O)CC(C)C)C(=O)O. The minimum Gasteiger partial charge on any atom is -0.480 e. The summed E-state index contributed by atoms with van der Waals surface area (Å²) in [6, 6.07) is 7.14. The number of hydrogen-bond acceptors (Lipinski definition) is 5. The van der Waals surface area contributed by atoms with E-state index in [0.717, 1.165) is 5.56 Å². The second-order valence-corrected chi connectivity index (χ2v) is 9.43. The van der Waals surface area contributed by atoms with Crippen molar-refractivity contribution in [3.05, 3.63) is 35.9 Å². The molecule has 1 aromatic carbocycles. The Kier molecular flexibility index (Phi) is 12.9. The van der Waals surface area contributed by atoms with Crippen molar-refractivity contribution >= 4 is 23.7 Å². The Morgan fingerprint density at radius 1 is 0.853 bits per heavy atom. The third-order valence-electron chi connectivity index (χ3n) is 5.10. The first-order valence-corrected chi connectivity index (χ1v) is 11.8. The highest BCUT2D eigenvalue weighted by atomic mass is 16.4. The van der Waals surface area contributed by atoms with E-state index < -0.39 is 42.4 Å². The first kappa shape index (κ1) is 29.1. The minimum atomic E-state index is -1.37. The second-order valence-electron chi connectivity index (χ2n) is 9.43. The summed E-state index contributed by atoms with van der Waals surface area (Å²) in [5.74, 6) is -2.19. The molecule has 9 heteroatoms. The lowest BCUT2D eigenvalue weighted by Gasteiger charge is -2.25. The van der Waals surface area contributed by atoms with Crippen LogP contribution in [0.1, 0.15) is 58.9 Å². The molecule has 1 aromatic rings. The fraction of sp³-hybridized carbons (Fsp3) is 0.600. The van der Waals surface area contributed by atoms with E-state index >= 15 is 0 Å². The Bertz CT molecular complexity index is 797. The summed E-state index contributed by atoms with van der Waals surface area (Å²) >= 11 is 0. The number of amides is 3. The van der Waals surface area contributed by atoms with E-state index in [2.05, 4.69) is 16.0 Å². The first-order valence-electron chi connectivity index (χ1n) is 11.8. The summed E-state index contributed by atoms with van der Waals surface area (Å²) in [6.07, 6.45) is -0.801. The van der Waals surface area contributed by atoms with Crippen molar-refractivity contribution < 1.29 is 29.4 Å². The monoisotopic (exact) mass is 477 g/mol. The first-order chi connectivity index (χ1) is 16.0. The molecule has 0 unspecified atom stereocenters. The topological polar surface area (TPSA) is 145 Å². The van der Waals surface area contributed by atoms with Crippen molar-refractivity contribution in [2.45, 2.75) is 78.0 Å². The molecule has 0 heterocycles. The van der Waals surface area contributed by atoms with E-state index in [9.17, 15) is 29.4 Å². The third kappa shape index (κ3) is 12.3. The lowest BCUT2D eigenvalue weighted by Crippen LogP contribution is -2.49. The van der Waals surface area contributed by atoms with Gasteiger partial charge in [-0.2, -0.15) is 0 Å². The maximum absolute atomic E-state index is 12.7. The summed E-state index contributed by atoms with van der Waals surface area (Å²) in [5, 5.41) is 28.1. The maximum atomic E-state index is 12.7. The number of nitrogens with one attached hydrogen (secondary N) is 3. The molecule has 3 atom stereocenters. The van der Waals surface area contributed by atoms with E-state index in [1.807, 2.05) is 58.0 Å². The summed E-state index contributed by atoms with van der Waals surface area (Å²) in [5.41, 5.74) is 0.871. The van der Waals surface area contributed by atoms with Gasteiger partial charge < -0.3 is 26.2 Å². The molecule has 0 saturated carbocycles. The van der Waals surface area contributed by atoms with Gasteiger partial charge in [0.05, 0.1) is 18.6 Å². The summed E-state index contributed by atoms with van der Waals surface area (Å²) in [6.45, 7) is 8.17. The lowest BCUT2D eigenvalue weighted by atomic mass is 9.97. The van der Waals surface area contributed by atoms with E-state index in [0.29, 0.717) is 18.9 Å². The molecular formula is C25H39N3O6. The van der Waals surface area contributed by atoms with Crippen molar-refractivity contribution in [2.24, 2.45) is 11.8 Å². The van der Waals surface area contributed by atoms with Gasteiger partial charge in [0.25, 0.3) is 0 Å². The number of hydrogen-bond donors (Lipinski definition) is 5. The van der Waals surface area contributed by atoms with E-state index in [-0.39, 0.29) is 31.1 Å². The molecule has 0 fully saturated rings. The van der Waals surface area contributed by atoms with Crippen molar-refractivity contribution in [2.75, 3.05) is 6.54 Å². The normalized spacial score (nSPS) is 13.7. The van der Waals surface area contributed by atoms with Crippen molar-refractivity contribution in [3.8, 4) is 0 Å². The van der Waals surface area contributed by atoms with Crippen LogP contribution in [0.25, 0.3) is 0 Å². The molecule has 34 heavy (non-hydrogen) atoms. The molecule has 1 rings (SSSR count). The summed E-state index contributed by atoms with van der Waals surface area (Å²) in [4.78, 5) is 48.3. The second kappa shape index (κ2) is 15.1. The number of aliphatic hydroxyl groups excluding tert-OH is 1. The number of carbonyl (C=O) groups excluding carboxylic acids is 3. The van der Waals surface area contributed by atoms with E-state index in [4.69, 9.17) is 0 Å². The molecule has 0 aliphatic heterocycles. The van der Waals surface area contributed by atoms with Gasteiger partial charge in [0.2, 0.25) is 17.7 Å². The molecule has 0 saturated heterocycles. The number of carboxylic acids is 1. The molecule has 0 aliphatic carbocycles.